The van der Waals surface area contributed by atoms with E-state index in [-0.39, 0.29) is 11.3 Å². The van der Waals surface area contributed by atoms with E-state index in [1.807, 2.05) is 0 Å². The Morgan fingerprint density at radius 3 is 2.85 bits per heavy atom. The van der Waals surface area contributed by atoms with Crippen LogP contribution in [0, 0.1) is 17.3 Å². The van der Waals surface area contributed by atoms with Gasteiger partial charge in [0.05, 0.1) is 0 Å². The van der Waals surface area contributed by atoms with E-state index >= 15 is 0 Å². The summed E-state index contributed by atoms with van der Waals surface area (Å²) in [6.45, 7) is 8.74. The summed E-state index contributed by atoms with van der Waals surface area (Å²) in [4.78, 5) is 11.6. The zero-order valence-corrected chi connectivity index (χ0v) is 8.60. The van der Waals surface area contributed by atoms with Crippen LogP contribution in [-0.2, 0) is 4.79 Å². The Labute approximate surface area is 80.2 Å². The van der Waals surface area contributed by atoms with Gasteiger partial charge in [-0.15, -0.1) is 0 Å². The van der Waals surface area contributed by atoms with Crippen LogP contribution in [0.1, 0.15) is 39.5 Å². The fraction of sp³-hybridized carbons (Fsp3) is 0.750. The van der Waals surface area contributed by atoms with E-state index in [0.29, 0.717) is 11.7 Å². The van der Waals surface area contributed by atoms with Gasteiger partial charge in [-0.1, -0.05) is 26.0 Å². The summed E-state index contributed by atoms with van der Waals surface area (Å²) in [6.07, 6.45) is 4.06. The van der Waals surface area contributed by atoms with Gasteiger partial charge < -0.3 is 0 Å². The minimum Gasteiger partial charge on any atom is -0.299 e. The third-order valence-electron chi connectivity index (χ3n) is 4.41. The quantitative estimate of drug-likeness (QED) is 0.521. The first-order valence-corrected chi connectivity index (χ1v) is 5.27. The van der Waals surface area contributed by atoms with Crippen molar-refractivity contribution in [2.75, 3.05) is 0 Å². The number of fused-ring (bicyclic) bond motifs is 2. The summed E-state index contributed by atoms with van der Waals surface area (Å²) in [5.41, 5.74) is 1.49. The largest absolute Gasteiger partial charge is 0.299 e. The molecule has 0 aromatic carbocycles. The highest BCUT2D eigenvalue weighted by Crippen LogP contribution is 2.53. The molecule has 1 nitrogen and oxygen atoms in total. The van der Waals surface area contributed by atoms with Crippen LogP contribution in [0.15, 0.2) is 12.2 Å². The molecular formula is C12H18O. The number of carbonyl (C=O) groups is 1. The Bertz CT molecular complexity index is 266. The highest BCUT2D eigenvalue weighted by atomic mass is 16.1. The first-order chi connectivity index (χ1) is 6.05. The van der Waals surface area contributed by atoms with Crippen LogP contribution in [0.3, 0.4) is 0 Å². The number of ketones is 1. The van der Waals surface area contributed by atoms with Crippen LogP contribution in [0.2, 0.25) is 0 Å². The molecule has 0 saturated heterocycles. The van der Waals surface area contributed by atoms with E-state index < -0.39 is 0 Å². The van der Waals surface area contributed by atoms with Crippen molar-refractivity contribution in [3.8, 4) is 0 Å². The van der Waals surface area contributed by atoms with Crippen molar-refractivity contribution in [1.29, 1.82) is 0 Å². The second-order valence-corrected chi connectivity index (χ2v) is 4.94. The first kappa shape index (κ1) is 8.98. The molecular weight excluding hydrogens is 160 g/mol. The van der Waals surface area contributed by atoms with Gasteiger partial charge in [0.2, 0.25) is 0 Å². The molecule has 72 valence electrons. The molecule has 0 unspecified atom stereocenters. The molecule has 13 heavy (non-hydrogen) atoms. The highest BCUT2D eigenvalue weighted by Gasteiger charge is 2.46. The van der Waals surface area contributed by atoms with Gasteiger partial charge in [-0.2, -0.15) is 0 Å². The van der Waals surface area contributed by atoms with Gasteiger partial charge in [0.1, 0.15) is 5.78 Å². The van der Waals surface area contributed by atoms with Gasteiger partial charge >= 0.3 is 0 Å². The molecule has 0 aromatic heterocycles. The molecule has 0 radical (unpaired) electrons. The van der Waals surface area contributed by atoms with Crippen LogP contribution >= 0.6 is 0 Å². The summed E-state index contributed by atoms with van der Waals surface area (Å²) < 4.78 is 0. The SMILES string of the molecule is C=C1[C@H]2CC[C@@H](C)[C@]1(C)CCC2=O. The summed E-state index contributed by atoms with van der Waals surface area (Å²) in [5.74, 6) is 1.36. The Balaban J connectivity index is 2.35. The van der Waals surface area contributed by atoms with Crippen LogP contribution in [-0.4, -0.2) is 5.78 Å². The molecule has 2 rings (SSSR count). The van der Waals surface area contributed by atoms with E-state index in [2.05, 4.69) is 20.4 Å². The lowest BCUT2D eigenvalue weighted by Crippen LogP contribution is -2.42. The van der Waals surface area contributed by atoms with Crippen molar-refractivity contribution < 1.29 is 4.79 Å². The zero-order chi connectivity index (χ0) is 9.64. The molecule has 0 heterocycles. The second kappa shape index (κ2) is 2.70. The molecule has 0 spiro atoms. The van der Waals surface area contributed by atoms with Gasteiger partial charge in [0.25, 0.3) is 0 Å². The number of rotatable bonds is 0. The van der Waals surface area contributed by atoms with E-state index in [0.717, 1.165) is 19.3 Å². The standard InChI is InChI=1S/C12H18O/c1-8-4-5-10-9(2)12(8,3)7-6-11(10)13/h8,10H,2,4-7H2,1,3H3/t8-,10-,12+/m1/s1. The van der Waals surface area contributed by atoms with Gasteiger partial charge in [-0.05, 0) is 30.6 Å². The molecule has 2 aliphatic rings. The molecule has 2 saturated carbocycles. The van der Waals surface area contributed by atoms with E-state index in [1.165, 1.54) is 12.0 Å². The third kappa shape index (κ3) is 1.09. The number of hydrogen-bond donors (Lipinski definition) is 0. The molecule has 0 aliphatic heterocycles. The van der Waals surface area contributed by atoms with Crippen LogP contribution in [0.4, 0.5) is 0 Å². The van der Waals surface area contributed by atoms with Gasteiger partial charge in [0.15, 0.2) is 0 Å². The summed E-state index contributed by atoms with van der Waals surface area (Å²) >= 11 is 0. The van der Waals surface area contributed by atoms with E-state index in [1.54, 1.807) is 0 Å². The molecule has 2 fully saturated rings. The molecule has 1 heteroatoms. The number of allylic oxidation sites excluding steroid dienone is 1. The van der Waals surface area contributed by atoms with Crippen LogP contribution in [0.25, 0.3) is 0 Å². The smallest absolute Gasteiger partial charge is 0.140 e. The first-order valence-electron chi connectivity index (χ1n) is 5.27. The molecule has 0 aromatic rings. The Morgan fingerprint density at radius 2 is 2.15 bits per heavy atom. The minimum absolute atomic E-state index is 0.204. The number of Topliss-reactive ketones (excluding diaryl/α,β-unsaturated/α-hetero) is 1. The maximum absolute atomic E-state index is 11.6. The monoisotopic (exact) mass is 178 g/mol. The fourth-order valence-electron chi connectivity index (χ4n) is 2.94. The van der Waals surface area contributed by atoms with Crippen molar-refractivity contribution in [3.63, 3.8) is 0 Å². The predicted molar refractivity (Wildman–Crippen MR) is 53.4 cm³/mol. The van der Waals surface area contributed by atoms with E-state index in [4.69, 9.17) is 0 Å². The predicted octanol–water partition coefficient (Wildman–Crippen LogP) is 2.96. The maximum Gasteiger partial charge on any atom is 0.140 e. The average Bonchev–Trinajstić information content (AvgIpc) is 2.09. The lowest BCUT2D eigenvalue weighted by atomic mass is 9.55. The Kier molecular flexibility index (Phi) is 1.86. The molecule has 0 amide bonds. The normalized spacial score (nSPS) is 45.1. The lowest BCUT2D eigenvalue weighted by molar-refractivity contribution is -0.126. The van der Waals surface area contributed by atoms with Crippen molar-refractivity contribution in [1.82, 2.24) is 0 Å². The van der Waals surface area contributed by atoms with Crippen molar-refractivity contribution >= 4 is 5.78 Å². The second-order valence-electron chi connectivity index (χ2n) is 4.94. The van der Waals surface area contributed by atoms with Crippen molar-refractivity contribution in [2.24, 2.45) is 17.3 Å². The zero-order valence-electron chi connectivity index (χ0n) is 8.60. The Hall–Kier alpha value is -0.590. The molecule has 3 atom stereocenters. The molecule has 0 N–H and O–H groups in total. The van der Waals surface area contributed by atoms with Gasteiger partial charge in [-0.25, -0.2) is 0 Å². The average molecular weight is 178 g/mol. The Morgan fingerprint density at radius 1 is 1.46 bits per heavy atom. The summed E-state index contributed by atoms with van der Waals surface area (Å²) in [5, 5.41) is 0. The molecule has 2 aliphatic carbocycles. The highest BCUT2D eigenvalue weighted by molar-refractivity contribution is 5.85. The fourth-order valence-corrected chi connectivity index (χ4v) is 2.94. The molecule has 2 bridgehead atoms. The lowest BCUT2D eigenvalue weighted by Gasteiger charge is -2.48. The van der Waals surface area contributed by atoms with Crippen LogP contribution < -0.4 is 0 Å². The van der Waals surface area contributed by atoms with Crippen molar-refractivity contribution in [2.45, 2.75) is 39.5 Å². The minimum atomic E-state index is 0.204. The van der Waals surface area contributed by atoms with E-state index in [9.17, 15) is 4.79 Å². The topological polar surface area (TPSA) is 17.1 Å². The van der Waals surface area contributed by atoms with Crippen molar-refractivity contribution in [3.05, 3.63) is 12.2 Å². The van der Waals surface area contributed by atoms with Crippen LogP contribution in [0.5, 0.6) is 0 Å². The van der Waals surface area contributed by atoms with Gasteiger partial charge in [-0.3, -0.25) is 4.79 Å². The third-order valence-corrected chi connectivity index (χ3v) is 4.41. The van der Waals surface area contributed by atoms with Gasteiger partial charge in [0, 0.05) is 12.3 Å². The summed E-state index contributed by atoms with van der Waals surface area (Å²) in [6, 6.07) is 0. The maximum atomic E-state index is 11.6. The number of hydrogen-bond acceptors (Lipinski definition) is 1. The summed E-state index contributed by atoms with van der Waals surface area (Å²) in [7, 11) is 0. The number of carbonyl (C=O) groups excluding carboxylic acids is 1.